The van der Waals surface area contributed by atoms with Crippen LogP contribution in [0.5, 0.6) is 5.75 Å². The first kappa shape index (κ1) is 21.1. The lowest BCUT2D eigenvalue weighted by molar-refractivity contribution is 0.134. The molecule has 1 unspecified atom stereocenters. The zero-order valence-corrected chi connectivity index (χ0v) is 18.9. The maximum atomic E-state index is 6.25. The summed E-state index contributed by atoms with van der Waals surface area (Å²) in [7, 11) is 0. The van der Waals surface area contributed by atoms with Crippen molar-refractivity contribution in [1.82, 2.24) is 45.3 Å². The van der Waals surface area contributed by atoms with E-state index in [1.54, 1.807) is 9.36 Å². The van der Waals surface area contributed by atoms with Crippen molar-refractivity contribution in [2.24, 2.45) is 0 Å². The predicted octanol–water partition coefficient (Wildman–Crippen LogP) is 2.64. The lowest BCUT2D eigenvalue weighted by Crippen LogP contribution is -2.35. The molecule has 6 rings (SSSR count). The predicted molar refractivity (Wildman–Crippen MR) is 127 cm³/mol. The average molecular weight is 466 g/mol. The second kappa shape index (κ2) is 9.43. The Kier molecular flexibility index (Phi) is 5.69. The van der Waals surface area contributed by atoms with E-state index in [0.29, 0.717) is 19.6 Å². The van der Waals surface area contributed by atoms with Gasteiger partial charge in [-0.3, -0.25) is 4.90 Å². The number of aromatic nitrogens is 8. The second-order valence-electron chi connectivity index (χ2n) is 8.41. The van der Waals surface area contributed by atoms with Crippen molar-refractivity contribution in [3.8, 4) is 17.1 Å². The van der Waals surface area contributed by atoms with Crippen molar-refractivity contribution in [2.45, 2.75) is 25.6 Å². The van der Waals surface area contributed by atoms with Crippen LogP contribution in [0.25, 0.3) is 11.4 Å². The molecule has 1 aliphatic rings. The summed E-state index contributed by atoms with van der Waals surface area (Å²) in [5.74, 6) is 2.40. The number of tetrazole rings is 2. The summed E-state index contributed by atoms with van der Waals surface area (Å²) in [5.41, 5.74) is 3.04. The summed E-state index contributed by atoms with van der Waals surface area (Å²) in [6.45, 7) is 1.66. The van der Waals surface area contributed by atoms with Crippen molar-refractivity contribution in [2.75, 3.05) is 6.54 Å². The molecule has 0 aliphatic carbocycles. The van der Waals surface area contributed by atoms with Gasteiger partial charge in [0.15, 0.2) is 11.6 Å². The van der Waals surface area contributed by atoms with Gasteiger partial charge in [0.2, 0.25) is 0 Å². The molecule has 3 aromatic carbocycles. The molecule has 0 N–H and O–H groups in total. The molecule has 0 amide bonds. The summed E-state index contributed by atoms with van der Waals surface area (Å²) in [4.78, 5) is 2.23. The first-order chi connectivity index (χ1) is 17.3. The Morgan fingerprint density at radius 1 is 0.714 bits per heavy atom. The minimum absolute atomic E-state index is 0.00881. The van der Waals surface area contributed by atoms with E-state index in [1.807, 2.05) is 78.9 Å². The van der Waals surface area contributed by atoms with Gasteiger partial charge < -0.3 is 4.74 Å². The van der Waals surface area contributed by atoms with Crippen LogP contribution >= 0.6 is 0 Å². The third-order valence-corrected chi connectivity index (χ3v) is 5.98. The number of para-hydroxylation sites is 3. The van der Waals surface area contributed by atoms with Gasteiger partial charge in [-0.1, -0.05) is 54.6 Å². The van der Waals surface area contributed by atoms with E-state index >= 15 is 0 Å². The van der Waals surface area contributed by atoms with Gasteiger partial charge in [0.05, 0.1) is 24.5 Å². The van der Waals surface area contributed by atoms with Gasteiger partial charge in [-0.25, -0.2) is 0 Å². The molecule has 10 nitrogen and oxygen atoms in total. The number of benzene rings is 3. The third kappa shape index (κ3) is 4.51. The molecule has 5 aromatic rings. The Hall–Kier alpha value is -4.44. The number of fused-ring (bicyclic) bond motifs is 1. The Bertz CT molecular complexity index is 1300. The van der Waals surface area contributed by atoms with Crippen LogP contribution in [0, 0.1) is 0 Å². The fourth-order valence-corrected chi connectivity index (χ4v) is 4.38. The van der Waals surface area contributed by atoms with Crippen LogP contribution in [0.3, 0.4) is 0 Å². The fraction of sp³-hybridized carbons (Fsp3) is 0.200. The summed E-state index contributed by atoms with van der Waals surface area (Å²) >= 11 is 0. The molecule has 1 atom stereocenters. The third-order valence-electron chi connectivity index (χ3n) is 5.98. The van der Waals surface area contributed by atoms with Crippen molar-refractivity contribution in [3.63, 3.8) is 0 Å². The minimum Gasteiger partial charge on any atom is -0.488 e. The maximum absolute atomic E-state index is 6.25. The Labute approximate surface area is 201 Å². The topological polar surface area (TPSA) is 99.7 Å². The van der Waals surface area contributed by atoms with Crippen LogP contribution < -0.4 is 4.74 Å². The van der Waals surface area contributed by atoms with E-state index in [-0.39, 0.29) is 6.10 Å². The first-order valence-corrected chi connectivity index (χ1v) is 11.5. The van der Waals surface area contributed by atoms with Crippen LogP contribution in [0.1, 0.15) is 17.2 Å². The van der Waals surface area contributed by atoms with Crippen LogP contribution in [0.2, 0.25) is 0 Å². The number of rotatable bonds is 8. The smallest absolute Gasteiger partial charge is 0.170 e. The average Bonchev–Trinajstić information content (AvgIpc) is 3.65. The van der Waals surface area contributed by atoms with E-state index in [2.05, 4.69) is 42.0 Å². The van der Waals surface area contributed by atoms with E-state index in [4.69, 9.17) is 4.74 Å². The zero-order chi connectivity index (χ0) is 23.5. The Balaban J connectivity index is 1.28. The lowest BCUT2D eigenvalue weighted by Gasteiger charge is -2.24. The van der Waals surface area contributed by atoms with E-state index in [1.165, 1.54) is 5.56 Å². The SMILES string of the molecule is c1ccc(-n2nnnc2CN(Cc2nnnn2-c2ccccc2)CC2Cc3ccccc3O2)cc1. The van der Waals surface area contributed by atoms with Crippen molar-refractivity contribution in [3.05, 3.63) is 102 Å². The van der Waals surface area contributed by atoms with Crippen molar-refractivity contribution >= 4 is 0 Å². The molecular formula is C25H23N9O. The van der Waals surface area contributed by atoms with Gasteiger partial charge in [-0.2, -0.15) is 9.36 Å². The molecule has 0 saturated heterocycles. The van der Waals surface area contributed by atoms with Gasteiger partial charge in [0, 0.05) is 13.0 Å². The number of nitrogens with zero attached hydrogens (tertiary/aromatic N) is 9. The van der Waals surface area contributed by atoms with Crippen LogP contribution in [0.4, 0.5) is 0 Å². The highest BCUT2D eigenvalue weighted by Gasteiger charge is 2.27. The zero-order valence-electron chi connectivity index (χ0n) is 18.9. The molecule has 35 heavy (non-hydrogen) atoms. The van der Waals surface area contributed by atoms with Gasteiger partial charge >= 0.3 is 0 Å². The largest absolute Gasteiger partial charge is 0.488 e. The fourth-order valence-electron chi connectivity index (χ4n) is 4.38. The summed E-state index contributed by atoms with van der Waals surface area (Å²) in [6, 6.07) is 27.9. The number of hydrogen-bond donors (Lipinski definition) is 0. The molecule has 0 spiro atoms. The van der Waals surface area contributed by atoms with Crippen LogP contribution in [0.15, 0.2) is 84.9 Å². The van der Waals surface area contributed by atoms with E-state index in [9.17, 15) is 0 Å². The van der Waals surface area contributed by atoms with Crippen LogP contribution in [-0.4, -0.2) is 58.0 Å². The monoisotopic (exact) mass is 465 g/mol. The van der Waals surface area contributed by atoms with Crippen molar-refractivity contribution < 1.29 is 4.74 Å². The molecule has 10 heteroatoms. The van der Waals surface area contributed by atoms with Gasteiger partial charge in [0.1, 0.15) is 11.9 Å². The molecular weight excluding hydrogens is 442 g/mol. The van der Waals surface area contributed by atoms with Gasteiger partial charge in [-0.15, -0.1) is 10.2 Å². The highest BCUT2D eigenvalue weighted by molar-refractivity contribution is 5.37. The molecule has 174 valence electrons. The normalized spacial score (nSPS) is 14.7. The van der Waals surface area contributed by atoms with Gasteiger partial charge in [-0.05, 0) is 56.7 Å². The van der Waals surface area contributed by atoms with E-state index in [0.717, 1.165) is 35.2 Å². The lowest BCUT2D eigenvalue weighted by atomic mass is 10.1. The quantitative estimate of drug-likeness (QED) is 0.345. The van der Waals surface area contributed by atoms with Crippen molar-refractivity contribution in [1.29, 1.82) is 0 Å². The molecule has 2 aromatic heterocycles. The molecule has 0 saturated carbocycles. The summed E-state index contributed by atoms with van der Waals surface area (Å²) in [6.07, 6.45) is 0.856. The standard InChI is InChI=1S/C25H23N9O/c1-3-10-20(11-4-1)33-24(26-28-30-33)17-32(16-22-15-19-9-7-8-14-23(19)35-22)18-25-27-29-31-34(25)21-12-5-2-6-13-21/h1-14,22H,15-18H2. The highest BCUT2D eigenvalue weighted by atomic mass is 16.5. The summed E-state index contributed by atoms with van der Waals surface area (Å²) < 4.78 is 9.77. The van der Waals surface area contributed by atoms with Gasteiger partial charge in [0.25, 0.3) is 0 Å². The minimum atomic E-state index is 0.00881. The molecule has 1 aliphatic heterocycles. The maximum Gasteiger partial charge on any atom is 0.170 e. The molecule has 0 radical (unpaired) electrons. The van der Waals surface area contributed by atoms with Crippen LogP contribution in [-0.2, 0) is 19.5 Å². The van der Waals surface area contributed by atoms with E-state index < -0.39 is 0 Å². The Morgan fingerprint density at radius 3 is 1.83 bits per heavy atom. The second-order valence-corrected chi connectivity index (χ2v) is 8.41. The number of hydrogen-bond acceptors (Lipinski definition) is 8. The first-order valence-electron chi connectivity index (χ1n) is 11.5. The Morgan fingerprint density at radius 2 is 1.26 bits per heavy atom. The highest BCUT2D eigenvalue weighted by Crippen LogP contribution is 2.29. The molecule has 0 bridgehead atoms. The number of ether oxygens (including phenoxy) is 1. The molecule has 0 fully saturated rings. The molecule has 3 heterocycles. The summed E-state index contributed by atoms with van der Waals surface area (Å²) in [5, 5.41) is 24.9.